The van der Waals surface area contributed by atoms with E-state index in [1.165, 1.54) is 0 Å². The molecule has 0 heterocycles. The average molecular weight is 281 g/mol. The topological polar surface area (TPSA) is 63.2 Å². The Kier molecular flexibility index (Phi) is 4.28. The Bertz CT molecular complexity index is 648. The minimum absolute atomic E-state index is 0.311. The number of Topliss-reactive ketones (excluding diaryl/α,β-unsaturated/α-hetero) is 2. The molecule has 1 amide bonds. The third-order valence-corrected chi connectivity index (χ3v) is 3.23. The van der Waals surface area contributed by atoms with E-state index in [4.69, 9.17) is 0 Å². The first kappa shape index (κ1) is 14.7. The van der Waals surface area contributed by atoms with Gasteiger partial charge in [0.25, 0.3) is 0 Å². The van der Waals surface area contributed by atoms with Crippen molar-refractivity contribution >= 4 is 17.5 Å². The van der Waals surface area contributed by atoms with E-state index in [9.17, 15) is 14.4 Å². The maximum atomic E-state index is 12.2. The lowest BCUT2D eigenvalue weighted by atomic mass is 10.0. The number of nitrogens with one attached hydrogen (secondary N) is 1. The van der Waals surface area contributed by atoms with Crippen LogP contribution in [-0.4, -0.2) is 17.5 Å². The smallest absolute Gasteiger partial charge is 0.243 e. The average Bonchev–Trinajstić information content (AvgIpc) is 2.75. The minimum atomic E-state index is -1.30. The first-order valence-electron chi connectivity index (χ1n) is 6.54. The second-order valence-electron chi connectivity index (χ2n) is 4.54. The van der Waals surface area contributed by atoms with Gasteiger partial charge in [-0.25, -0.2) is 0 Å². The molecule has 0 aliphatic heterocycles. The molecular weight excluding hydrogens is 266 g/mol. The van der Waals surface area contributed by atoms with Crippen LogP contribution in [0.15, 0.2) is 60.8 Å². The standard InChI is InChI=1S/C17H15NO3/c1-3-5-8-11(4-2)18-17(21)14-15(19)12-9-6-7-10-13(12)16(14)20/h3-10,14H,1H2,2H3,(H,18,21)/b8-5-,11-4+. The summed E-state index contributed by atoms with van der Waals surface area (Å²) in [6.07, 6.45) is 6.54. The van der Waals surface area contributed by atoms with Crippen molar-refractivity contribution in [1.82, 2.24) is 5.32 Å². The summed E-state index contributed by atoms with van der Waals surface area (Å²) in [7, 11) is 0. The van der Waals surface area contributed by atoms with E-state index >= 15 is 0 Å². The van der Waals surface area contributed by atoms with Gasteiger partial charge in [-0.2, -0.15) is 0 Å². The first-order valence-corrected chi connectivity index (χ1v) is 6.54. The Balaban J connectivity index is 2.22. The van der Waals surface area contributed by atoms with Gasteiger partial charge in [-0.15, -0.1) is 0 Å². The quantitative estimate of drug-likeness (QED) is 0.681. The molecule has 21 heavy (non-hydrogen) atoms. The molecule has 4 nitrogen and oxygen atoms in total. The third-order valence-electron chi connectivity index (χ3n) is 3.23. The summed E-state index contributed by atoms with van der Waals surface area (Å²) in [6, 6.07) is 6.48. The lowest BCUT2D eigenvalue weighted by Gasteiger charge is -2.09. The number of fused-ring (bicyclic) bond motifs is 1. The number of carbonyl (C=O) groups excluding carboxylic acids is 3. The van der Waals surface area contributed by atoms with Crippen molar-refractivity contribution in [3.63, 3.8) is 0 Å². The van der Waals surface area contributed by atoms with Crippen LogP contribution >= 0.6 is 0 Å². The summed E-state index contributed by atoms with van der Waals surface area (Å²) in [5.74, 6) is -2.80. The summed E-state index contributed by atoms with van der Waals surface area (Å²) < 4.78 is 0. The molecule has 1 N–H and O–H groups in total. The number of hydrogen-bond acceptors (Lipinski definition) is 3. The molecule has 1 aliphatic rings. The van der Waals surface area contributed by atoms with Crippen molar-refractivity contribution < 1.29 is 14.4 Å². The van der Waals surface area contributed by atoms with Crippen LogP contribution in [0.1, 0.15) is 27.6 Å². The van der Waals surface area contributed by atoms with Crippen LogP contribution in [0.25, 0.3) is 0 Å². The highest BCUT2D eigenvalue weighted by Crippen LogP contribution is 2.26. The number of benzene rings is 1. The van der Waals surface area contributed by atoms with Crippen LogP contribution in [0.2, 0.25) is 0 Å². The van der Waals surface area contributed by atoms with Gasteiger partial charge in [-0.05, 0) is 13.0 Å². The molecule has 0 saturated heterocycles. The zero-order valence-corrected chi connectivity index (χ0v) is 11.6. The van der Waals surface area contributed by atoms with E-state index in [1.54, 1.807) is 55.5 Å². The fourth-order valence-electron chi connectivity index (χ4n) is 2.18. The Morgan fingerprint density at radius 3 is 2.24 bits per heavy atom. The third kappa shape index (κ3) is 2.74. The zero-order valence-electron chi connectivity index (χ0n) is 11.6. The number of hydrogen-bond donors (Lipinski definition) is 1. The van der Waals surface area contributed by atoms with E-state index in [0.717, 1.165) is 0 Å². The van der Waals surface area contributed by atoms with Crippen LogP contribution in [0.5, 0.6) is 0 Å². The summed E-state index contributed by atoms with van der Waals surface area (Å²) in [5, 5.41) is 2.59. The predicted octanol–water partition coefficient (Wildman–Crippen LogP) is 2.44. The van der Waals surface area contributed by atoms with Crippen molar-refractivity contribution in [3.8, 4) is 0 Å². The summed E-state index contributed by atoms with van der Waals surface area (Å²) in [6.45, 7) is 5.29. The second-order valence-corrected chi connectivity index (χ2v) is 4.54. The lowest BCUT2D eigenvalue weighted by molar-refractivity contribution is -0.121. The molecule has 1 aromatic rings. The molecule has 0 unspecified atom stereocenters. The maximum Gasteiger partial charge on any atom is 0.243 e. The van der Waals surface area contributed by atoms with Gasteiger partial charge in [0.1, 0.15) is 0 Å². The van der Waals surface area contributed by atoms with Gasteiger partial charge >= 0.3 is 0 Å². The van der Waals surface area contributed by atoms with Crippen molar-refractivity contribution in [2.75, 3.05) is 0 Å². The summed E-state index contributed by atoms with van der Waals surface area (Å²) in [5.41, 5.74) is 1.13. The number of carbonyl (C=O) groups is 3. The highest BCUT2D eigenvalue weighted by atomic mass is 16.2. The number of ketones is 2. The second kappa shape index (κ2) is 6.13. The van der Waals surface area contributed by atoms with E-state index in [1.807, 2.05) is 0 Å². The van der Waals surface area contributed by atoms with E-state index in [0.29, 0.717) is 16.8 Å². The van der Waals surface area contributed by atoms with E-state index in [2.05, 4.69) is 11.9 Å². The molecule has 0 fully saturated rings. The predicted molar refractivity (Wildman–Crippen MR) is 79.8 cm³/mol. The van der Waals surface area contributed by atoms with Gasteiger partial charge < -0.3 is 5.32 Å². The molecule has 0 spiro atoms. The molecule has 0 aromatic heterocycles. The highest BCUT2D eigenvalue weighted by Gasteiger charge is 2.43. The van der Waals surface area contributed by atoms with Crippen LogP contribution in [0.4, 0.5) is 0 Å². The number of allylic oxidation sites excluding steroid dienone is 4. The Labute approximate surface area is 122 Å². The van der Waals surface area contributed by atoms with Crippen molar-refractivity contribution in [1.29, 1.82) is 0 Å². The SMILES string of the molecule is C=C/C=C\C(=C/C)NC(=O)C1C(=O)c2ccccc2C1=O. The van der Waals surface area contributed by atoms with Crippen LogP contribution < -0.4 is 5.32 Å². The van der Waals surface area contributed by atoms with Crippen molar-refractivity contribution in [3.05, 3.63) is 72.0 Å². The Hall–Kier alpha value is -2.75. The molecule has 4 heteroatoms. The fraction of sp³-hybridized carbons (Fsp3) is 0.118. The Morgan fingerprint density at radius 1 is 1.19 bits per heavy atom. The van der Waals surface area contributed by atoms with Crippen LogP contribution in [0, 0.1) is 5.92 Å². The van der Waals surface area contributed by atoms with Crippen LogP contribution in [0.3, 0.4) is 0 Å². The molecule has 0 saturated carbocycles. The maximum absolute atomic E-state index is 12.2. The fourth-order valence-corrected chi connectivity index (χ4v) is 2.18. The van der Waals surface area contributed by atoms with Gasteiger partial charge in [0.2, 0.25) is 5.91 Å². The van der Waals surface area contributed by atoms with Gasteiger partial charge in [0, 0.05) is 16.8 Å². The van der Waals surface area contributed by atoms with Gasteiger partial charge in [-0.1, -0.05) is 49.1 Å². The minimum Gasteiger partial charge on any atom is -0.325 e. The Morgan fingerprint density at radius 2 is 1.76 bits per heavy atom. The lowest BCUT2D eigenvalue weighted by Crippen LogP contribution is -2.35. The molecular formula is C17H15NO3. The molecule has 106 valence electrons. The monoisotopic (exact) mass is 281 g/mol. The summed E-state index contributed by atoms with van der Waals surface area (Å²) in [4.78, 5) is 36.6. The van der Waals surface area contributed by atoms with Crippen molar-refractivity contribution in [2.24, 2.45) is 5.92 Å². The molecule has 2 rings (SSSR count). The zero-order chi connectivity index (χ0) is 15.4. The largest absolute Gasteiger partial charge is 0.325 e. The van der Waals surface area contributed by atoms with Crippen molar-refractivity contribution in [2.45, 2.75) is 6.92 Å². The van der Waals surface area contributed by atoms with Gasteiger partial charge in [0.05, 0.1) is 0 Å². The van der Waals surface area contributed by atoms with E-state index in [-0.39, 0.29) is 0 Å². The molecule has 1 aromatic carbocycles. The number of rotatable bonds is 4. The van der Waals surface area contributed by atoms with Gasteiger partial charge in [-0.3, -0.25) is 14.4 Å². The molecule has 0 atom stereocenters. The van der Waals surface area contributed by atoms with Gasteiger partial charge in [0.15, 0.2) is 17.5 Å². The van der Waals surface area contributed by atoms with Crippen LogP contribution in [-0.2, 0) is 4.79 Å². The highest BCUT2D eigenvalue weighted by molar-refractivity contribution is 6.35. The number of amides is 1. The summed E-state index contributed by atoms with van der Waals surface area (Å²) >= 11 is 0. The molecule has 0 bridgehead atoms. The normalized spacial score (nSPS) is 15.4. The molecule has 1 aliphatic carbocycles. The molecule has 0 radical (unpaired) electrons. The first-order chi connectivity index (χ1) is 10.1. The van der Waals surface area contributed by atoms with E-state index < -0.39 is 23.4 Å².